The van der Waals surface area contributed by atoms with Crippen LogP contribution in [0.4, 0.5) is 17.3 Å². The fourth-order valence-electron chi connectivity index (χ4n) is 5.64. The van der Waals surface area contributed by atoms with Gasteiger partial charge in [0.25, 0.3) is 0 Å². The molecule has 0 N–H and O–H groups in total. The molecular formula is C45H48BF4NP2Pt. The zero-order valence-electron chi connectivity index (χ0n) is 31.0. The maximum atomic E-state index is 9.75. The molecule has 0 bridgehead atoms. The zero-order chi connectivity index (χ0) is 38.5. The van der Waals surface area contributed by atoms with Gasteiger partial charge in [-0.05, 0) is 68.4 Å². The second kappa shape index (κ2) is 24.6. The number of halogens is 4. The number of hydrogen-bond donors (Lipinski definition) is 0. The monoisotopic (exact) mass is 946 g/mol. The molecule has 0 unspecified atom stereocenters. The van der Waals surface area contributed by atoms with E-state index in [-0.39, 0.29) is 21.1 Å². The molecule has 0 aliphatic carbocycles. The summed E-state index contributed by atoms with van der Waals surface area (Å²) >= 11 is 0. The van der Waals surface area contributed by atoms with Crippen molar-refractivity contribution < 1.29 is 42.8 Å². The molecule has 0 atom stereocenters. The van der Waals surface area contributed by atoms with Crippen LogP contribution in [0.25, 0.3) is 0 Å². The average Bonchev–Trinajstić information content (AvgIpc) is 3.18. The molecule has 0 aliphatic heterocycles. The molecule has 0 saturated carbocycles. The molecule has 6 rings (SSSR count). The number of hydrogen-bond acceptors (Lipinski definition) is 0. The Morgan fingerprint density at radius 2 is 0.593 bits per heavy atom. The van der Waals surface area contributed by atoms with Crippen LogP contribution in [-0.2, 0) is 21.1 Å². The third-order valence-corrected chi connectivity index (χ3v) is 13.4. The predicted molar refractivity (Wildman–Crippen MR) is 226 cm³/mol. The molecule has 54 heavy (non-hydrogen) atoms. The Morgan fingerprint density at radius 1 is 0.444 bits per heavy atom. The van der Waals surface area contributed by atoms with Gasteiger partial charge < -0.3 is 35.2 Å². The second-order valence-electron chi connectivity index (χ2n) is 11.8. The number of rotatable bonds is 10. The van der Waals surface area contributed by atoms with Crippen molar-refractivity contribution in [2.24, 2.45) is 0 Å². The smallest absolute Gasteiger partial charge is 0.487 e. The SMILES string of the molecule is F[B-](F)(F)F.[CH-]=C([CH2-])[N+](CC)(CC)CC.[Pt+2].c1ccc(P(c2ccccc2)c2ccccc2)cc1.c1ccc(P(c2ccccc2)c2ccccc2)cc1. The van der Waals surface area contributed by atoms with E-state index in [0.29, 0.717) is 0 Å². The van der Waals surface area contributed by atoms with E-state index < -0.39 is 23.1 Å². The molecular weight excluding hydrogens is 898 g/mol. The Labute approximate surface area is 337 Å². The quantitative estimate of drug-likeness (QED) is 0.0422. The van der Waals surface area contributed by atoms with Crippen LogP contribution in [0.5, 0.6) is 0 Å². The van der Waals surface area contributed by atoms with Crippen LogP contribution in [0, 0.1) is 13.5 Å². The van der Waals surface area contributed by atoms with E-state index in [4.69, 9.17) is 6.58 Å². The van der Waals surface area contributed by atoms with Crippen molar-refractivity contribution in [3.63, 3.8) is 0 Å². The van der Waals surface area contributed by atoms with E-state index in [9.17, 15) is 17.3 Å². The summed E-state index contributed by atoms with van der Waals surface area (Å²) < 4.78 is 39.8. The molecule has 6 aromatic carbocycles. The van der Waals surface area contributed by atoms with Crippen LogP contribution in [0.15, 0.2) is 188 Å². The molecule has 6 aromatic rings. The average molecular weight is 947 g/mol. The van der Waals surface area contributed by atoms with Crippen molar-refractivity contribution in [2.45, 2.75) is 20.8 Å². The molecule has 0 aromatic heterocycles. The van der Waals surface area contributed by atoms with Crippen molar-refractivity contribution in [1.29, 1.82) is 0 Å². The van der Waals surface area contributed by atoms with Gasteiger partial charge in [-0.1, -0.05) is 182 Å². The predicted octanol–water partition coefficient (Wildman–Crippen LogP) is 10.2. The van der Waals surface area contributed by atoms with Gasteiger partial charge in [-0.2, -0.15) is 0 Å². The Bertz CT molecular complexity index is 1530. The number of quaternary nitrogens is 1. The number of allylic oxidation sites excluding steroid dienone is 1. The van der Waals surface area contributed by atoms with Gasteiger partial charge in [0, 0.05) is 0 Å². The maximum Gasteiger partial charge on any atom is 2.00 e. The summed E-state index contributed by atoms with van der Waals surface area (Å²) in [7, 11) is -6.89. The van der Waals surface area contributed by atoms with Crippen LogP contribution in [0.3, 0.4) is 0 Å². The van der Waals surface area contributed by atoms with Crippen LogP contribution >= 0.6 is 15.8 Å². The Balaban J connectivity index is 0.000000272. The Hall–Kier alpha value is -3.78. The Morgan fingerprint density at radius 3 is 0.685 bits per heavy atom. The normalized spacial score (nSPS) is 10.7. The summed E-state index contributed by atoms with van der Waals surface area (Å²) in [6.07, 6.45) is 0. The fraction of sp³-hybridized carbons (Fsp3) is 0.133. The van der Waals surface area contributed by atoms with Gasteiger partial charge in [-0.15, -0.1) is 0 Å². The molecule has 1 nitrogen and oxygen atoms in total. The van der Waals surface area contributed by atoms with Crippen LogP contribution in [0.2, 0.25) is 0 Å². The van der Waals surface area contributed by atoms with E-state index in [1.54, 1.807) is 0 Å². The number of nitrogens with zero attached hydrogens (tertiary/aromatic N) is 1. The van der Waals surface area contributed by atoms with E-state index in [1.807, 2.05) is 0 Å². The topological polar surface area (TPSA) is 0 Å². The van der Waals surface area contributed by atoms with Gasteiger partial charge in [-0.3, -0.25) is 0 Å². The zero-order valence-corrected chi connectivity index (χ0v) is 35.0. The van der Waals surface area contributed by atoms with E-state index in [0.717, 1.165) is 29.8 Å². The minimum absolute atomic E-state index is 0. The van der Waals surface area contributed by atoms with E-state index >= 15 is 0 Å². The van der Waals surface area contributed by atoms with Crippen molar-refractivity contribution in [3.05, 3.63) is 201 Å². The summed E-state index contributed by atoms with van der Waals surface area (Å²) in [5, 5.41) is 8.39. The van der Waals surface area contributed by atoms with Crippen LogP contribution < -0.4 is 31.8 Å². The summed E-state index contributed by atoms with van der Waals surface area (Å²) in [5.41, 5.74) is 0.785. The molecule has 0 fully saturated rings. The first-order valence-electron chi connectivity index (χ1n) is 17.6. The van der Waals surface area contributed by atoms with Crippen molar-refractivity contribution in [2.75, 3.05) is 19.6 Å². The van der Waals surface area contributed by atoms with Gasteiger partial charge in [0.2, 0.25) is 0 Å². The largest absolute Gasteiger partial charge is 2.00 e. The first-order valence-corrected chi connectivity index (χ1v) is 20.3. The fourth-order valence-corrected chi connectivity index (χ4v) is 10.2. The maximum absolute atomic E-state index is 9.75. The third kappa shape index (κ3) is 15.5. The van der Waals surface area contributed by atoms with Crippen LogP contribution in [0.1, 0.15) is 20.8 Å². The molecule has 0 amide bonds. The van der Waals surface area contributed by atoms with E-state index in [2.05, 4.69) is 210 Å². The van der Waals surface area contributed by atoms with Crippen molar-refractivity contribution in [3.8, 4) is 0 Å². The molecule has 0 aliphatic rings. The molecule has 0 spiro atoms. The van der Waals surface area contributed by atoms with Gasteiger partial charge in [0.1, 0.15) is 0 Å². The summed E-state index contributed by atoms with van der Waals surface area (Å²) in [6.45, 7) is 19.0. The molecule has 0 radical (unpaired) electrons. The van der Waals surface area contributed by atoms with Crippen LogP contribution in [-0.4, -0.2) is 31.4 Å². The molecule has 284 valence electrons. The molecule has 0 heterocycles. The molecule has 9 heteroatoms. The minimum Gasteiger partial charge on any atom is -0.487 e. The van der Waals surface area contributed by atoms with Gasteiger partial charge in [0.15, 0.2) is 0 Å². The minimum atomic E-state index is -6.00. The summed E-state index contributed by atoms with van der Waals surface area (Å²) in [4.78, 5) is 0. The molecule has 0 saturated heterocycles. The second-order valence-corrected chi connectivity index (χ2v) is 16.2. The van der Waals surface area contributed by atoms with E-state index in [1.165, 1.54) is 31.8 Å². The van der Waals surface area contributed by atoms with Crippen molar-refractivity contribution in [1.82, 2.24) is 0 Å². The number of benzene rings is 6. The van der Waals surface area contributed by atoms with Gasteiger partial charge in [0.05, 0.1) is 19.6 Å². The third-order valence-electron chi connectivity index (χ3n) is 8.51. The van der Waals surface area contributed by atoms with Gasteiger partial charge >= 0.3 is 28.3 Å². The summed E-state index contributed by atoms with van der Waals surface area (Å²) in [6, 6.07) is 64.7. The Kier molecular flexibility index (Phi) is 21.1. The standard InChI is InChI=1S/2C18H15P.C9H18N.BF4.Pt/c2*1-4-10-16(11-5-1)19(17-12-6-2-7-13-17)18-14-8-3-9-15-18;1-6-10(7-2,8-3)9(4)5;2-1(3,4)5;/h2*1-15H;4H,5-8H2,1-3H3;;/q;;2*-1;+2. The first kappa shape index (κ1) is 46.4. The van der Waals surface area contributed by atoms with Crippen molar-refractivity contribution >= 4 is 54.9 Å². The first-order chi connectivity index (χ1) is 25.5. The van der Waals surface area contributed by atoms with Gasteiger partial charge in [-0.25, -0.2) is 5.70 Å². The summed E-state index contributed by atoms with van der Waals surface area (Å²) in [5.74, 6) is 0.